The van der Waals surface area contributed by atoms with Gasteiger partial charge in [0.05, 0.1) is 0 Å². The molecule has 2 heteroatoms. The van der Waals surface area contributed by atoms with Gasteiger partial charge in [0, 0.05) is 26.7 Å². The topological polar surface area (TPSA) is 15.8 Å². The third-order valence-electron chi connectivity index (χ3n) is 4.55. The molecule has 4 rings (SSSR count). The number of nitrogens with one attached hydrogen (secondary N) is 1. The maximum Gasteiger partial charge on any atom is 0.0464 e. The molecule has 112 valence electrons. The van der Waals surface area contributed by atoms with Crippen LogP contribution in [-0.2, 0) is 0 Å². The van der Waals surface area contributed by atoms with E-state index in [0.717, 1.165) is 5.25 Å². The Bertz CT molecular complexity index is 718. The number of aromatic nitrogens is 1. The normalized spacial score (nSPS) is 16.2. The molecule has 0 bridgehead atoms. The van der Waals surface area contributed by atoms with Crippen molar-refractivity contribution in [3.63, 3.8) is 0 Å². The number of para-hydroxylation sites is 1. The number of benzene rings is 2. The quantitative estimate of drug-likeness (QED) is 0.604. The number of aromatic amines is 1. The van der Waals surface area contributed by atoms with E-state index in [1.54, 1.807) is 0 Å². The van der Waals surface area contributed by atoms with Crippen LogP contribution in [0.2, 0.25) is 0 Å². The first-order chi connectivity index (χ1) is 10.9. The maximum atomic E-state index is 3.51. The Balaban J connectivity index is 1.53. The summed E-state index contributed by atoms with van der Waals surface area (Å²) in [6, 6.07) is 19.7. The number of H-pyrrole nitrogens is 1. The minimum Gasteiger partial charge on any atom is -0.355 e. The largest absolute Gasteiger partial charge is 0.355 e. The molecule has 0 spiro atoms. The van der Waals surface area contributed by atoms with Gasteiger partial charge < -0.3 is 4.98 Å². The van der Waals surface area contributed by atoms with Gasteiger partial charge in [0.1, 0.15) is 0 Å². The number of rotatable bonds is 3. The van der Waals surface area contributed by atoms with E-state index in [4.69, 9.17) is 0 Å². The zero-order valence-electron chi connectivity index (χ0n) is 12.7. The zero-order chi connectivity index (χ0) is 14.8. The second kappa shape index (κ2) is 6.21. The van der Waals surface area contributed by atoms with Crippen molar-refractivity contribution in [1.29, 1.82) is 0 Å². The molecular formula is C20H21NS. The highest BCUT2D eigenvalue weighted by Gasteiger charge is 2.14. The van der Waals surface area contributed by atoms with Gasteiger partial charge in [-0.15, -0.1) is 11.8 Å². The van der Waals surface area contributed by atoms with E-state index in [1.807, 2.05) is 0 Å². The first-order valence-corrected chi connectivity index (χ1v) is 9.11. The molecular weight excluding hydrogens is 286 g/mol. The molecule has 1 N–H and O–H groups in total. The fraction of sp³-hybridized carbons (Fsp3) is 0.300. The lowest BCUT2D eigenvalue weighted by Crippen LogP contribution is -2.07. The van der Waals surface area contributed by atoms with Crippen LogP contribution < -0.4 is 0 Å². The Morgan fingerprint density at radius 2 is 1.64 bits per heavy atom. The highest BCUT2D eigenvalue weighted by molar-refractivity contribution is 8.00. The fourth-order valence-corrected chi connectivity index (χ4v) is 4.56. The minimum atomic E-state index is 0.827. The molecule has 0 saturated heterocycles. The molecule has 0 amide bonds. The Morgan fingerprint density at radius 1 is 0.864 bits per heavy atom. The molecule has 0 radical (unpaired) electrons. The van der Waals surface area contributed by atoms with Gasteiger partial charge in [-0.05, 0) is 42.7 Å². The van der Waals surface area contributed by atoms with Crippen LogP contribution in [0.3, 0.4) is 0 Å². The lowest BCUT2D eigenvalue weighted by molar-refractivity contribution is 0.516. The van der Waals surface area contributed by atoms with Crippen LogP contribution in [0, 0.1) is 0 Å². The summed E-state index contributed by atoms with van der Waals surface area (Å²) < 4.78 is 0. The molecule has 1 nitrogen and oxygen atoms in total. The molecule has 1 fully saturated rings. The van der Waals surface area contributed by atoms with Crippen LogP contribution in [0.5, 0.6) is 0 Å². The van der Waals surface area contributed by atoms with E-state index < -0.39 is 0 Å². The first-order valence-electron chi connectivity index (χ1n) is 8.23. The average Bonchev–Trinajstić information content (AvgIpc) is 3.00. The Hall–Kier alpha value is -1.67. The van der Waals surface area contributed by atoms with Crippen molar-refractivity contribution in [2.45, 2.75) is 42.2 Å². The zero-order valence-corrected chi connectivity index (χ0v) is 13.5. The lowest BCUT2D eigenvalue weighted by Gasteiger charge is -2.20. The van der Waals surface area contributed by atoms with Crippen molar-refractivity contribution in [2.24, 2.45) is 0 Å². The average molecular weight is 307 g/mol. The van der Waals surface area contributed by atoms with Crippen LogP contribution in [0.15, 0.2) is 59.5 Å². The standard InChI is InChI=1S/C20H21NS/c1-2-7-17(8-3-1)22-18-12-10-15(11-13-18)20-14-16-6-4-5-9-19(16)21-20/h4-6,9-14,17,21H,1-3,7-8H2. The SMILES string of the molecule is c1ccc2[nH]c(-c3ccc(SC4CCCCC4)cc3)cc2c1. The number of hydrogen-bond donors (Lipinski definition) is 1. The Kier molecular flexibility index (Phi) is 3.94. The number of fused-ring (bicyclic) bond motifs is 1. The van der Waals surface area contributed by atoms with Crippen molar-refractivity contribution >= 4 is 22.7 Å². The van der Waals surface area contributed by atoms with E-state index in [1.165, 1.54) is 59.2 Å². The van der Waals surface area contributed by atoms with Crippen LogP contribution in [-0.4, -0.2) is 10.2 Å². The van der Waals surface area contributed by atoms with Crippen molar-refractivity contribution in [2.75, 3.05) is 0 Å². The fourth-order valence-electron chi connectivity index (χ4n) is 3.32. The van der Waals surface area contributed by atoms with Gasteiger partial charge in [-0.25, -0.2) is 0 Å². The van der Waals surface area contributed by atoms with Crippen molar-refractivity contribution in [3.8, 4) is 11.3 Å². The third kappa shape index (κ3) is 2.93. The lowest BCUT2D eigenvalue weighted by atomic mass is 10.0. The summed E-state index contributed by atoms with van der Waals surface area (Å²) in [5, 5.41) is 2.10. The highest BCUT2D eigenvalue weighted by Crippen LogP contribution is 2.34. The minimum absolute atomic E-state index is 0.827. The summed E-state index contributed by atoms with van der Waals surface area (Å²) >= 11 is 2.06. The summed E-state index contributed by atoms with van der Waals surface area (Å²) in [6.45, 7) is 0. The molecule has 2 aromatic carbocycles. The number of thioether (sulfide) groups is 1. The maximum absolute atomic E-state index is 3.51. The van der Waals surface area contributed by atoms with Gasteiger partial charge in [0.2, 0.25) is 0 Å². The molecule has 1 heterocycles. The highest BCUT2D eigenvalue weighted by atomic mass is 32.2. The first kappa shape index (κ1) is 14.0. The summed E-state index contributed by atoms with van der Waals surface area (Å²) in [7, 11) is 0. The molecule has 1 aliphatic rings. The van der Waals surface area contributed by atoms with Crippen molar-refractivity contribution in [3.05, 3.63) is 54.6 Å². The predicted molar refractivity (Wildman–Crippen MR) is 96.5 cm³/mol. The van der Waals surface area contributed by atoms with Crippen LogP contribution in [0.25, 0.3) is 22.2 Å². The van der Waals surface area contributed by atoms with Crippen LogP contribution in [0.1, 0.15) is 32.1 Å². The van der Waals surface area contributed by atoms with Crippen LogP contribution >= 0.6 is 11.8 Å². The second-order valence-corrected chi connectivity index (χ2v) is 7.55. The molecule has 22 heavy (non-hydrogen) atoms. The molecule has 1 aromatic heterocycles. The predicted octanol–water partition coefficient (Wildman–Crippen LogP) is 6.26. The molecule has 0 atom stereocenters. The van der Waals surface area contributed by atoms with Gasteiger partial charge in [-0.3, -0.25) is 0 Å². The third-order valence-corrected chi connectivity index (χ3v) is 5.90. The monoisotopic (exact) mass is 307 g/mol. The second-order valence-electron chi connectivity index (χ2n) is 6.17. The van der Waals surface area contributed by atoms with E-state index in [2.05, 4.69) is 71.3 Å². The summed E-state index contributed by atoms with van der Waals surface area (Å²) in [6.07, 6.45) is 7.01. The smallest absolute Gasteiger partial charge is 0.0464 e. The van der Waals surface area contributed by atoms with Gasteiger partial charge in [0.15, 0.2) is 0 Å². The van der Waals surface area contributed by atoms with E-state index in [0.29, 0.717) is 0 Å². The van der Waals surface area contributed by atoms with Gasteiger partial charge >= 0.3 is 0 Å². The van der Waals surface area contributed by atoms with Crippen molar-refractivity contribution < 1.29 is 0 Å². The summed E-state index contributed by atoms with van der Waals surface area (Å²) in [4.78, 5) is 4.91. The van der Waals surface area contributed by atoms with E-state index in [9.17, 15) is 0 Å². The Labute approximate surface area is 136 Å². The van der Waals surface area contributed by atoms with Crippen LogP contribution in [0.4, 0.5) is 0 Å². The molecule has 3 aromatic rings. The Morgan fingerprint density at radius 3 is 2.41 bits per heavy atom. The van der Waals surface area contributed by atoms with Gasteiger partial charge in [-0.2, -0.15) is 0 Å². The summed E-state index contributed by atoms with van der Waals surface area (Å²) in [5.41, 5.74) is 3.68. The molecule has 1 aliphatic carbocycles. The number of hydrogen-bond acceptors (Lipinski definition) is 1. The molecule has 1 saturated carbocycles. The van der Waals surface area contributed by atoms with Gasteiger partial charge in [-0.1, -0.05) is 49.6 Å². The molecule has 0 unspecified atom stereocenters. The summed E-state index contributed by atoms with van der Waals surface area (Å²) in [5.74, 6) is 0. The van der Waals surface area contributed by atoms with Gasteiger partial charge in [0.25, 0.3) is 0 Å². The molecule has 0 aliphatic heterocycles. The van der Waals surface area contributed by atoms with E-state index >= 15 is 0 Å². The van der Waals surface area contributed by atoms with Crippen molar-refractivity contribution in [1.82, 2.24) is 4.98 Å². The van der Waals surface area contributed by atoms with E-state index in [-0.39, 0.29) is 0 Å².